The number of β-amino-alcohol motifs (C(OH)–C–C–N with tert-alkyl or cyclic N) is 1. The molecule has 1 aliphatic heterocycles. The van der Waals surface area contributed by atoms with Crippen LogP contribution in [0.1, 0.15) is 25.7 Å². The highest BCUT2D eigenvalue weighted by molar-refractivity contribution is 5.79. The molecule has 0 atom stereocenters. The summed E-state index contributed by atoms with van der Waals surface area (Å²) in [6.45, 7) is 0.489. The van der Waals surface area contributed by atoms with Gasteiger partial charge in [0.2, 0.25) is 5.91 Å². The van der Waals surface area contributed by atoms with E-state index in [1.165, 1.54) is 6.42 Å². The summed E-state index contributed by atoms with van der Waals surface area (Å²) in [4.78, 5) is 11.6. The van der Waals surface area contributed by atoms with Crippen molar-refractivity contribution < 1.29 is 9.90 Å². The van der Waals surface area contributed by atoms with Gasteiger partial charge in [-0.25, -0.2) is 5.01 Å². The molecule has 1 saturated carbocycles. The average molecular weight is 184 g/mol. The normalized spacial score (nSPS) is 26.9. The number of nitrogens with zero attached hydrogens (tertiary/aromatic N) is 2. The van der Waals surface area contributed by atoms with Crippen LogP contribution >= 0.6 is 0 Å². The molecule has 1 spiro atoms. The molecule has 2 aliphatic rings. The third-order valence-corrected chi connectivity index (χ3v) is 3.41. The summed E-state index contributed by atoms with van der Waals surface area (Å²) in [6.07, 6.45) is 4.11. The van der Waals surface area contributed by atoms with Crippen LogP contribution in [0.2, 0.25) is 0 Å². The molecule has 74 valence electrons. The van der Waals surface area contributed by atoms with Gasteiger partial charge in [-0.2, -0.15) is 0 Å². The van der Waals surface area contributed by atoms with Crippen molar-refractivity contribution in [3.63, 3.8) is 0 Å². The van der Waals surface area contributed by atoms with Gasteiger partial charge < -0.3 is 5.11 Å². The van der Waals surface area contributed by atoms with Crippen LogP contribution in [0.15, 0.2) is 0 Å². The van der Waals surface area contributed by atoms with Crippen molar-refractivity contribution in [1.82, 2.24) is 10.0 Å². The van der Waals surface area contributed by atoms with Gasteiger partial charge in [0, 0.05) is 19.0 Å². The molecular weight excluding hydrogens is 168 g/mol. The Balaban J connectivity index is 2.09. The van der Waals surface area contributed by atoms with E-state index >= 15 is 0 Å². The van der Waals surface area contributed by atoms with Gasteiger partial charge in [0.05, 0.1) is 13.2 Å². The number of hydrogen-bond acceptors (Lipinski definition) is 3. The molecule has 1 N–H and O–H groups in total. The number of aliphatic hydroxyl groups excluding tert-OH is 1. The second kappa shape index (κ2) is 2.96. The van der Waals surface area contributed by atoms with E-state index < -0.39 is 0 Å². The maximum atomic E-state index is 11.6. The minimum Gasteiger partial charge on any atom is -0.394 e. The number of rotatable bonds is 2. The van der Waals surface area contributed by atoms with E-state index in [4.69, 9.17) is 5.11 Å². The first kappa shape index (κ1) is 8.97. The monoisotopic (exact) mass is 184 g/mol. The summed E-state index contributed by atoms with van der Waals surface area (Å²) >= 11 is 0. The SMILES string of the molecule is CN1N(CCO)C(=O)CC12CCC2. The minimum absolute atomic E-state index is 0.0478. The Morgan fingerprint density at radius 3 is 2.62 bits per heavy atom. The molecule has 1 aliphatic carbocycles. The van der Waals surface area contributed by atoms with E-state index in [0.29, 0.717) is 13.0 Å². The van der Waals surface area contributed by atoms with Crippen LogP contribution in [0.3, 0.4) is 0 Å². The van der Waals surface area contributed by atoms with Crippen molar-refractivity contribution in [3.8, 4) is 0 Å². The van der Waals surface area contributed by atoms with Crippen molar-refractivity contribution in [3.05, 3.63) is 0 Å². The molecule has 1 heterocycles. The molecule has 0 aromatic rings. The van der Waals surface area contributed by atoms with E-state index in [1.807, 2.05) is 12.1 Å². The smallest absolute Gasteiger partial charge is 0.238 e. The molecule has 0 aromatic heterocycles. The Kier molecular flexibility index (Phi) is 2.04. The Bertz CT molecular complexity index is 226. The lowest BCUT2D eigenvalue weighted by Gasteiger charge is -2.44. The highest BCUT2D eigenvalue weighted by atomic mass is 16.3. The fraction of sp³-hybridized carbons (Fsp3) is 0.889. The van der Waals surface area contributed by atoms with Crippen molar-refractivity contribution in [1.29, 1.82) is 0 Å². The maximum absolute atomic E-state index is 11.6. The van der Waals surface area contributed by atoms with Crippen LogP contribution in [0.5, 0.6) is 0 Å². The molecule has 1 amide bonds. The number of hydrogen-bond donors (Lipinski definition) is 1. The summed E-state index contributed by atoms with van der Waals surface area (Å²) < 4.78 is 0. The quantitative estimate of drug-likeness (QED) is 0.656. The van der Waals surface area contributed by atoms with Gasteiger partial charge in [0.15, 0.2) is 0 Å². The number of amides is 1. The average Bonchev–Trinajstić information content (AvgIpc) is 2.28. The lowest BCUT2D eigenvalue weighted by molar-refractivity contribution is -0.141. The molecule has 0 radical (unpaired) electrons. The molecule has 2 fully saturated rings. The third-order valence-electron chi connectivity index (χ3n) is 3.41. The number of hydrazine groups is 1. The van der Waals surface area contributed by atoms with E-state index in [1.54, 1.807) is 5.01 Å². The van der Waals surface area contributed by atoms with E-state index in [-0.39, 0.29) is 18.1 Å². The van der Waals surface area contributed by atoms with Gasteiger partial charge in [-0.1, -0.05) is 0 Å². The highest BCUT2D eigenvalue weighted by Gasteiger charge is 2.51. The summed E-state index contributed by atoms with van der Waals surface area (Å²) in [5.74, 6) is 0.163. The second-order valence-electron chi connectivity index (χ2n) is 4.02. The molecule has 4 heteroatoms. The molecule has 1 saturated heterocycles. The number of carbonyl (C=O) groups is 1. The molecule has 2 rings (SSSR count). The van der Waals surface area contributed by atoms with Crippen molar-refractivity contribution >= 4 is 5.91 Å². The lowest BCUT2D eigenvalue weighted by Crippen LogP contribution is -2.52. The van der Waals surface area contributed by atoms with Gasteiger partial charge >= 0.3 is 0 Å². The lowest BCUT2D eigenvalue weighted by atomic mass is 9.75. The summed E-state index contributed by atoms with van der Waals surface area (Å²) in [6, 6.07) is 0. The maximum Gasteiger partial charge on any atom is 0.238 e. The standard InChI is InChI=1S/C9H16N2O2/c1-10-9(3-2-4-9)7-8(13)11(10)5-6-12/h12H,2-7H2,1H3. The van der Waals surface area contributed by atoms with Crippen LogP contribution in [0.25, 0.3) is 0 Å². The van der Waals surface area contributed by atoms with E-state index in [0.717, 1.165) is 12.8 Å². The van der Waals surface area contributed by atoms with Crippen LogP contribution in [-0.2, 0) is 4.79 Å². The van der Waals surface area contributed by atoms with E-state index in [2.05, 4.69) is 0 Å². The van der Waals surface area contributed by atoms with Gasteiger partial charge in [0.25, 0.3) is 0 Å². The van der Waals surface area contributed by atoms with E-state index in [9.17, 15) is 4.79 Å². The Morgan fingerprint density at radius 2 is 2.23 bits per heavy atom. The molecule has 0 aromatic carbocycles. The molecule has 0 bridgehead atoms. The predicted octanol–water partition coefficient (Wildman–Crippen LogP) is -0.0195. The zero-order valence-electron chi connectivity index (χ0n) is 7.99. The fourth-order valence-corrected chi connectivity index (χ4v) is 2.37. The summed E-state index contributed by atoms with van der Waals surface area (Å²) in [5, 5.41) is 12.5. The Morgan fingerprint density at radius 1 is 1.54 bits per heavy atom. The molecular formula is C9H16N2O2. The zero-order valence-corrected chi connectivity index (χ0v) is 7.99. The topological polar surface area (TPSA) is 43.8 Å². The third kappa shape index (κ3) is 1.16. The molecule has 4 nitrogen and oxygen atoms in total. The van der Waals surface area contributed by atoms with Crippen LogP contribution < -0.4 is 0 Å². The van der Waals surface area contributed by atoms with Crippen molar-refractivity contribution in [2.24, 2.45) is 0 Å². The molecule has 0 unspecified atom stereocenters. The van der Waals surface area contributed by atoms with Crippen LogP contribution in [0.4, 0.5) is 0 Å². The number of carbonyl (C=O) groups excluding carboxylic acids is 1. The minimum atomic E-state index is 0.0478. The summed E-state index contributed by atoms with van der Waals surface area (Å²) in [5.41, 5.74) is 0.117. The Hall–Kier alpha value is -0.610. The first-order chi connectivity index (χ1) is 6.19. The van der Waals surface area contributed by atoms with Crippen molar-refractivity contribution in [2.75, 3.05) is 20.2 Å². The fourth-order valence-electron chi connectivity index (χ4n) is 2.37. The van der Waals surface area contributed by atoms with Gasteiger partial charge in [-0.3, -0.25) is 9.80 Å². The highest BCUT2D eigenvalue weighted by Crippen LogP contribution is 2.44. The first-order valence-corrected chi connectivity index (χ1v) is 4.85. The Labute approximate surface area is 78.1 Å². The van der Waals surface area contributed by atoms with Gasteiger partial charge in [-0.15, -0.1) is 0 Å². The number of aliphatic hydroxyl groups is 1. The van der Waals surface area contributed by atoms with Gasteiger partial charge in [-0.05, 0) is 19.3 Å². The van der Waals surface area contributed by atoms with Gasteiger partial charge in [0.1, 0.15) is 0 Å². The first-order valence-electron chi connectivity index (χ1n) is 4.85. The summed E-state index contributed by atoms with van der Waals surface area (Å²) in [7, 11) is 1.96. The molecule has 13 heavy (non-hydrogen) atoms. The van der Waals surface area contributed by atoms with Crippen LogP contribution in [-0.4, -0.2) is 46.8 Å². The van der Waals surface area contributed by atoms with Crippen LogP contribution in [0, 0.1) is 0 Å². The second-order valence-corrected chi connectivity index (χ2v) is 4.02. The predicted molar refractivity (Wildman–Crippen MR) is 47.8 cm³/mol. The largest absolute Gasteiger partial charge is 0.394 e. The zero-order chi connectivity index (χ0) is 9.47. The van der Waals surface area contributed by atoms with Crippen molar-refractivity contribution in [2.45, 2.75) is 31.2 Å².